The zero-order chi connectivity index (χ0) is 19.9. The number of nitrogens with zero attached hydrogens (tertiary/aromatic N) is 1. The summed E-state index contributed by atoms with van der Waals surface area (Å²) < 4.78 is 16.4. The van der Waals surface area contributed by atoms with E-state index in [2.05, 4.69) is 5.32 Å². The van der Waals surface area contributed by atoms with Crippen molar-refractivity contribution in [2.45, 2.75) is 13.3 Å². The summed E-state index contributed by atoms with van der Waals surface area (Å²) in [6, 6.07) is 12.9. The van der Waals surface area contributed by atoms with E-state index in [0.29, 0.717) is 43.4 Å². The highest BCUT2D eigenvalue weighted by Gasteiger charge is 2.19. The first-order chi connectivity index (χ1) is 13.6. The number of benzene rings is 2. The molecule has 0 unspecified atom stereocenters. The Bertz CT molecular complexity index is 852. The van der Waals surface area contributed by atoms with E-state index in [9.17, 15) is 9.59 Å². The summed E-state index contributed by atoms with van der Waals surface area (Å²) in [6.45, 7) is 2.77. The topological polar surface area (TPSA) is 77.1 Å². The minimum Gasteiger partial charge on any atom is -0.496 e. The van der Waals surface area contributed by atoms with Gasteiger partial charge in [0.25, 0.3) is 0 Å². The zero-order valence-electron chi connectivity index (χ0n) is 16.1. The molecule has 2 aromatic carbocycles. The van der Waals surface area contributed by atoms with Gasteiger partial charge in [0, 0.05) is 25.2 Å². The smallest absolute Gasteiger partial charge is 0.240 e. The predicted molar refractivity (Wildman–Crippen MR) is 105 cm³/mol. The molecular weight excluding hydrogens is 360 g/mol. The number of amides is 2. The van der Waals surface area contributed by atoms with Gasteiger partial charge in [0.05, 0.1) is 7.11 Å². The van der Waals surface area contributed by atoms with Crippen molar-refractivity contribution in [3.05, 3.63) is 48.0 Å². The molecule has 148 valence electrons. The number of ether oxygens (including phenoxy) is 3. The molecule has 2 aromatic rings. The van der Waals surface area contributed by atoms with Crippen molar-refractivity contribution in [3.63, 3.8) is 0 Å². The summed E-state index contributed by atoms with van der Waals surface area (Å²) in [5, 5.41) is 2.86. The first-order valence-electron chi connectivity index (χ1n) is 9.15. The van der Waals surface area contributed by atoms with Crippen molar-refractivity contribution < 1.29 is 23.8 Å². The number of rotatable bonds is 7. The minimum absolute atomic E-state index is 0.0685. The summed E-state index contributed by atoms with van der Waals surface area (Å²) in [7, 11) is 1.62. The number of anilines is 1. The van der Waals surface area contributed by atoms with Crippen LogP contribution in [0.15, 0.2) is 42.5 Å². The number of para-hydroxylation sites is 1. The van der Waals surface area contributed by atoms with Crippen molar-refractivity contribution in [2.24, 2.45) is 0 Å². The van der Waals surface area contributed by atoms with E-state index in [4.69, 9.17) is 14.2 Å². The highest BCUT2D eigenvalue weighted by molar-refractivity contribution is 5.97. The molecule has 1 aliphatic rings. The first kappa shape index (κ1) is 19.5. The lowest BCUT2D eigenvalue weighted by atomic mass is 10.1. The molecule has 7 nitrogen and oxygen atoms in total. The lowest BCUT2D eigenvalue weighted by Crippen LogP contribution is -2.40. The van der Waals surface area contributed by atoms with Crippen molar-refractivity contribution in [3.8, 4) is 17.2 Å². The molecule has 0 aromatic heterocycles. The standard InChI is InChI=1S/C21H24N2O5/c1-15(24)23(17-7-8-19-20(13-17)28-12-11-27-19)14-21(25)22-10-9-16-5-3-4-6-18(16)26-2/h3-8,13H,9-12,14H2,1-2H3,(H,22,25). The summed E-state index contributed by atoms with van der Waals surface area (Å²) >= 11 is 0. The molecule has 1 heterocycles. The Morgan fingerprint density at radius 2 is 1.86 bits per heavy atom. The number of hydrogen-bond donors (Lipinski definition) is 1. The van der Waals surface area contributed by atoms with Crippen LogP contribution in [0.1, 0.15) is 12.5 Å². The Morgan fingerprint density at radius 3 is 2.61 bits per heavy atom. The summed E-state index contributed by atoms with van der Waals surface area (Å²) in [6.07, 6.45) is 0.639. The van der Waals surface area contributed by atoms with E-state index >= 15 is 0 Å². The third-order valence-corrected chi connectivity index (χ3v) is 4.43. The Balaban J connectivity index is 1.59. The fraction of sp³-hybridized carbons (Fsp3) is 0.333. The second-order valence-corrected chi connectivity index (χ2v) is 6.34. The van der Waals surface area contributed by atoms with Crippen LogP contribution in [0, 0.1) is 0 Å². The van der Waals surface area contributed by atoms with Crippen LogP contribution in [0.5, 0.6) is 17.2 Å². The van der Waals surface area contributed by atoms with Gasteiger partial charge in [0.2, 0.25) is 11.8 Å². The van der Waals surface area contributed by atoms with Gasteiger partial charge in [-0.15, -0.1) is 0 Å². The van der Waals surface area contributed by atoms with Crippen LogP contribution in [0.25, 0.3) is 0 Å². The van der Waals surface area contributed by atoms with Crippen LogP contribution >= 0.6 is 0 Å². The maximum absolute atomic E-state index is 12.4. The van der Waals surface area contributed by atoms with Crippen LogP contribution in [0.3, 0.4) is 0 Å². The predicted octanol–water partition coefficient (Wildman–Crippen LogP) is 2.18. The fourth-order valence-electron chi connectivity index (χ4n) is 3.03. The number of methoxy groups -OCH3 is 1. The lowest BCUT2D eigenvalue weighted by Gasteiger charge is -2.24. The maximum atomic E-state index is 12.4. The molecule has 7 heteroatoms. The van der Waals surface area contributed by atoms with Gasteiger partial charge < -0.3 is 24.4 Å². The molecule has 0 bridgehead atoms. The monoisotopic (exact) mass is 384 g/mol. The summed E-state index contributed by atoms with van der Waals surface area (Å²) in [5.74, 6) is 1.54. The molecule has 0 saturated heterocycles. The number of hydrogen-bond acceptors (Lipinski definition) is 5. The lowest BCUT2D eigenvalue weighted by molar-refractivity contribution is -0.123. The SMILES string of the molecule is COc1ccccc1CCNC(=O)CN(C(C)=O)c1ccc2c(c1)OCCO2. The highest BCUT2D eigenvalue weighted by Crippen LogP contribution is 2.34. The average molecular weight is 384 g/mol. The second kappa shape index (κ2) is 9.12. The Hall–Kier alpha value is -3.22. The van der Waals surface area contributed by atoms with Gasteiger partial charge in [-0.1, -0.05) is 18.2 Å². The van der Waals surface area contributed by atoms with E-state index in [1.807, 2.05) is 24.3 Å². The highest BCUT2D eigenvalue weighted by atomic mass is 16.6. The van der Waals surface area contributed by atoms with Crippen LogP contribution in [0.2, 0.25) is 0 Å². The van der Waals surface area contributed by atoms with Gasteiger partial charge in [0.15, 0.2) is 11.5 Å². The van der Waals surface area contributed by atoms with Crippen molar-refractivity contribution in [1.82, 2.24) is 5.32 Å². The molecule has 0 spiro atoms. The molecule has 0 fully saturated rings. The third-order valence-electron chi connectivity index (χ3n) is 4.43. The van der Waals surface area contributed by atoms with Gasteiger partial charge in [-0.25, -0.2) is 0 Å². The van der Waals surface area contributed by atoms with E-state index in [1.54, 1.807) is 25.3 Å². The van der Waals surface area contributed by atoms with Crippen LogP contribution in [-0.4, -0.2) is 45.2 Å². The Labute approximate surface area is 164 Å². The molecule has 0 radical (unpaired) electrons. The Morgan fingerprint density at radius 1 is 1.11 bits per heavy atom. The largest absolute Gasteiger partial charge is 0.496 e. The van der Waals surface area contributed by atoms with Gasteiger partial charge in [-0.05, 0) is 30.2 Å². The molecule has 3 rings (SSSR count). The first-order valence-corrected chi connectivity index (χ1v) is 9.15. The number of fused-ring (bicyclic) bond motifs is 1. The van der Waals surface area contributed by atoms with Crippen molar-refractivity contribution in [2.75, 3.05) is 38.3 Å². The molecule has 0 saturated carbocycles. The van der Waals surface area contributed by atoms with E-state index in [0.717, 1.165) is 11.3 Å². The molecule has 0 atom stereocenters. The summed E-state index contributed by atoms with van der Waals surface area (Å²) in [5.41, 5.74) is 1.61. The van der Waals surface area contributed by atoms with E-state index < -0.39 is 0 Å². The zero-order valence-corrected chi connectivity index (χ0v) is 16.1. The summed E-state index contributed by atoms with van der Waals surface area (Å²) in [4.78, 5) is 25.9. The molecular formula is C21H24N2O5. The minimum atomic E-state index is -0.236. The van der Waals surface area contributed by atoms with Crippen molar-refractivity contribution >= 4 is 17.5 Å². The average Bonchev–Trinajstić information content (AvgIpc) is 2.72. The molecule has 1 N–H and O–H groups in total. The third kappa shape index (κ3) is 4.73. The van der Waals surface area contributed by atoms with Gasteiger partial charge in [-0.2, -0.15) is 0 Å². The maximum Gasteiger partial charge on any atom is 0.240 e. The van der Waals surface area contributed by atoms with E-state index in [-0.39, 0.29) is 18.4 Å². The second-order valence-electron chi connectivity index (χ2n) is 6.34. The quantitative estimate of drug-likeness (QED) is 0.792. The Kier molecular flexibility index (Phi) is 6.37. The molecule has 0 aliphatic carbocycles. The van der Waals surface area contributed by atoms with Crippen LogP contribution < -0.4 is 24.4 Å². The molecule has 2 amide bonds. The normalized spacial score (nSPS) is 12.2. The van der Waals surface area contributed by atoms with Gasteiger partial charge in [0.1, 0.15) is 25.5 Å². The molecule has 1 aliphatic heterocycles. The van der Waals surface area contributed by atoms with Gasteiger partial charge in [-0.3, -0.25) is 9.59 Å². The number of nitrogens with one attached hydrogen (secondary N) is 1. The molecule has 28 heavy (non-hydrogen) atoms. The van der Waals surface area contributed by atoms with Crippen LogP contribution in [0.4, 0.5) is 5.69 Å². The fourth-order valence-corrected chi connectivity index (χ4v) is 3.03. The van der Waals surface area contributed by atoms with Crippen LogP contribution in [-0.2, 0) is 16.0 Å². The van der Waals surface area contributed by atoms with E-state index in [1.165, 1.54) is 11.8 Å². The van der Waals surface area contributed by atoms with Gasteiger partial charge >= 0.3 is 0 Å². The number of carbonyl (C=O) groups excluding carboxylic acids is 2. The van der Waals surface area contributed by atoms with Crippen molar-refractivity contribution in [1.29, 1.82) is 0 Å². The number of carbonyl (C=O) groups is 2.